The maximum absolute atomic E-state index is 13.3. The maximum atomic E-state index is 13.3. The van der Waals surface area contributed by atoms with Gasteiger partial charge in [0.1, 0.15) is 5.75 Å². The van der Waals surface area contributed by atoms with Gasteiger partial charge in [-0.1, -0.05) is 18.2 Å². The number of benzene rings is 2. The minimum Gasteiger partial charge on any atom is -0.494 e. The molecule has 1 aliphatic carbocycles. The second-order valence-electron chi connectivity index (χ2n) is 7.50. The molecule has 1 aliphatic heterocycles. The number of nitrogens with two attached hydrogens (primary N) is 1. The highest BCUT2D eigenvalue weighted by Crippen LogP contribution is 2.45. The van der Waals surface area contributed by atoms with Crippen molar-refractivity contribution in [1.29, 1.82) is 0 Å². The number of rotatable bonds is 5. The number of carbonyl (C=O) groups is 3. The molecule has 0 saturated heterocycles. The largest absolute Gasteiger partial charge is 0.494 e. The summed E-state index contributed by atoms with van der Waals surface area (Å²) in [7, 11) is 0. The Hall–Kier alpha value is -3.41. The van der Waals surface area contributed by atoms with E-state index in [0.717, 1.165) is 11.3 Å². The second kappa shape index (κ2) is 8.14. The van der Waals surface area contributed by atoms with Crippen molar-refractivity contribution >= 4 is 23.3 Å². The molecule has 1 unspecified atom stereocenters. The highest BCUT2D eigenvalue weighted by Gasteiger charge is 2.40. The number of primary amides is 1. The van der Waals surface area contributed by atoms with E-state index in [1.54, 1.807) is 29.2 Å². The number of hydrogen-bond donors (Lipinski definition) is 1. The number of nitrogens with zero attached hydrogens (tertiary/aromatic N) is 1. The molecule has 2 amide bonds. The molecule has 0 saturated carbocycles. The van der Waals surface area contributed by atoms with Crippen LogP contribution in [0.1, 0.15) is 54.4 Å². The van der Waals surface area contributed by atoms with Gasteiger partial charge in [0.2, 0.25) is 11.8 Å². The van der Waals surface area contributed by atoms with E-state index < -0.39 is 5.91 Å². The Morgan fingerprint density at radius 2 is 1.83 bits per heavy atom. The predicted molar refractivity (Wildman–Crippen MR) is 113 cm³/mol. The van der Waals surface area contributed by atoms with Crippen LogP contribution in [0.15, 0.2) is 59.8 Å². The van der Waals surface area contributed by atoms with Crippen LogP contribution in [0.25, 0.3) is 0 Å². The van der Waals surface area contributed by atoms with Crippen LogP contribution in [0.5, 0.6) is 5.75 Å². The smallest absolute Gasteiger partial charge is 0.248 e. The molecule has 0 spiro atoms. The molecule has 4 rings (SSSR count). The fraction of sp³-hybridized carbons (Fsp3) is 0.292. The van der Waals surface area contributed by atoms with Crippen LogP contribution in [-0.4, -0.2) is 24.2 Å². The zero-order valence-electron chi connectivity index (χ0n) is 16.9. The van der Waals surface area contributed by atoms with Crippen molar-refractivity contribution in [3.8, 4) is 5.75 Å². The first-order chi connectivity index (χ1) is 14.5. The Morgan fingerprint density at radius 1 is 1.10 bits per heavy atom. The SMILES string of the molecule is CCOc1ccccc1C1CC(=O)N(c2ccc(C(N)=O)cc2)C2=C1C(=O)CCC2. The van der Waals surface area contributed by atoms with Gasteiger partial charge in [-0.3, -0.25) is 19.3 Å². The lowest BCUT2D eigenvalue weighted by molar-refractivity contribution is -0.119. The molecule has 2 aromatic carbocycles. The van der Waals surface area contributed by atoms with Crippen molar-refractivity contribution < 1.29 is 19.1 Å². The average Bonchev–Trinajstić information content (AvgIpc) is 2.74. The van der Waals surface area contributed by atoms with Gasteiger partial charge in [0, 0.05) is 46.8 Å². The molecule has 1 heterocycles. The van der Waals surface area contributed by atoms with E-state index in [-0.39, 0.29) is 24.0 Å². The summed E-state index contributed by atoms with van der Waals surface area (Å²) in [5, 5.41) is 0. The van der Waals surface area contributed by atoms with Gasteiger partial charge in [0.25, 0.3) is 0 Å². The number of ether oxygens (including phenoxy) is 1. The third kappa shape index (κ3) is 3.49. The normalized spacial score (nSPS) is 19.0. The lowest BCUT2D eigenvalue weighted by atomic mass is 9.77. The molecule has 0 aromatic heterocycles. The molecular weight excluding hydrogens is 380 g/mol. The molecule has 2 N–H and O–H groups in total. The summed E-state index contributed by atoms with van der Waals surface area (Å²) in [6.45, 7) is 2.42. The van der Waals surface area contributed by atoms with E-state index in [4.69, 9.17) is 10.5 Å². The molecule has 0 fully saturated rings. The summed E-state index contributed by atoms with van der Waals surface area (Å²) >= 11 is 0. The summed E-state index contributed by atoms with van der Waals surface area (Å²) in [4.78, 5) is 39.3. The number of allylic oxidation sites excluding steroid dienone is 2. The van der Waals surface area contributed by atoms with Gasteiger partial charge >= 0.3 is 0 Å². The van der Waals surface area contributed by atoms with E-state index in [2.05, 4.69) is 0 Å². The molecule has 6 nitrogen and oxygen atoms in total. The Morgan fingerprint density at radius 3 is 2.53 bits per heavy atom. The molecule has 0 radical (unpaired) electrons. The Kier molecular flexibility index (Phi) is 5.40. The van der Waals surface area contributed by atoms with Gasteiger partial charge in [-0.05, 0) is 50.1 Å². The summed E-state index contributed by atoms with van der Waals surface area (Å²) in [6, 6.07) is 14.2. The number of amides is 2. The molecule has 30 heavy (non-hydrogen) atoms. The first-order valence-corrected chi connectivity index (χ1v) is 10.2. The topological polar surface area (TPSA) is 89.7 Å². The lowest BCUT2D eigenvalue weighted by Gasteiger charge is -2.38. The Bertz CT molecular complexity index is 1040. The summed E-state index contributed by atoms with van der Waals surface area (Å²) in [6.07, 6.45) is 2.03. The standard InChI is InChI=1S/C24H24N2O4/c1-2-30-21-9-4-3-6-17(21)18-14-22(28)26(19-7-5-8-20(27)23(18)19)16-12-10-15(11-13-16)24(25)29/h3-4,6,9-13,18H,2,5,7-8,14H2,1H3,(H2,25,29). The van der Waals surface area contributed by atoms with Crippen LogP contribution in [0.4, 0.5) is 5.69 Å². The van der Waals surface area contributed by atoms with E-state index in [1.807, 2.05) is 31.2 Å². The van der Waals surface area contributed by atoms with Crippen molar-refractivity contribution in [3.63, 3.8) is 0 Å². The zero-order chi connectivity index (χ0) is 21.3. The van der Waals surface area contributed by atoms with Crippen LogP contribution in [0.2, 0.25) is 0 Å². The second-order valence-corrected chi connectivity index (χ2v) is 7.50. The zero-order valence-corrected chi connectivity index (χ0v) is 16.9. The number of carbonyl (C=O) groups excluding carboxylic acids is 3. The minimum absolute atomic E-state index is 0.0772. The van der Waals surface area contributed by atoms with Crippen LogP contribution in [0.3, 0.4) is 0 Å². The van der Waals surface area contributed by atoms with Crippen LogP contribution >= 0.6 is 0 Å². The van der Waals surface area contributed by atoms with Crippen molar-refractivity contribution in [2.45, 2.75) is 38.5 Å². The van der Waals surface area contributed by atoms with Gasteiger partial charge in [-0.25, -0.2) is 0 Å². The minimum atomic E-state index is -0.521. The van der Waals surface area contributed by atoms with Gasteiger partial charge in [-0.15, -0.1) is 0 Å². The molecular formula is C24H24N2O4. The van der Waals surface area contributed by atoms with E-state index in [1.165, 1.54) is 0 Å². The third-order valence-electron chi connectivity index (χ3n) is 5.68. The molecule has 1 atom stereocenters. The molecule has 6 heteroatoms. The summed E-state index contributed by atoms with van der Waals surface area (Å²) in [5.41, 5.74) is 8.68. The number of para-hydroxylation sites is 1. The van der Waals surface area contributed by atoms with Crippen molar-refractivity contribution in [2.24, 2.45) is 5.73 Å². The highest BCUT2D eigenvalue weighted by molar-refractivity contribution is 6.07. The van der Waals surface area contributed by atoms with Crippen molar-refractivity contribution in [3.05, 3.63) is 70.9 Å². The molecule has 2 aromatic rings. The van der Waals surface area contributed by atoms with Crippen LogP contribution in [0, 0.1) is 0 Å². The van der Waals surface area contributed by atoms with Crippen LogP contribution < -0.4 is 15.4 Å². The fourth-order valence-electron chi connectivity index (χ4n) is 4.39. The molecule has 2 aliphatic rings. The van der Waals surface area contributed by atoms with E-state index >= 15 is 0 Å². The fourth-order valence-corrected chi connectivity index (χ4v) is 4.39. The predicted octanol–water partition coefficient (Wildman–Crippen LogP) is 3.71. The maximum Gasteiger partial charge on any atom is 0.248 e. The Balaban J connectivity index is 1.82. The number of ketones is 1. The summed E-state index contributed by atoms with van der Waals surface area (Å²) in [5.74, 6) is -0.122. The average molecular weight is 404 g/mol. The van der Waals surface area contributed by atoms with E-state index in [9.17, 15) is 14.4 Å². The number of anilines is 1. The van der Waals surface area contributed by atoms with Crippen LogP contribution in [-0.2, 0) is 9.59 Å². The lowest BCUT2D eigenvalue weighted by Crippen LogP contribution is -2.40. The van der Waals surface area contributed by atoms with Gasteiger partial charge < -0.3 is 10.5 Å². The van der Waals surface area contributed by atoms with E-state index in [0.29, 0.717) is 48.4 Å². The first kappa shape index (κ1) is 19.9. The van der Waals surface area contributed by atoms with Crippen molar-refractivity contribution in [2.75, 3.05) is 11.5 Å². The third-order valence-corrected chi connectivity index (χ3v) is 5.68. The number of hydrogen-bond acceptors (Lipinski definition) is 4. The van der Waals surface area contributed by atoms with Gasteiger partial charge in [0.05, 0.1) is 6.61 Å². The molecule has 154 valence electrons. The highest BCUT2D eigenvalue weighted by atomic mass is 16.5. The van der Waals surface area contributed by atoms with Gasteiger partial charge in [-0.2, -0.15) is 0 Å². The number of Topliss-reactive ketones (excluding diaryl/α,β-unsaturated/α-hetero) is 1. The molecule has 0 bridgehead atoms. The van der Waals surface area contributed by atoms with Crippen molar-refractivity contribution in [1.82, 2.24) is 0 Å². The van der Waals surface area contributed by atoms with Gasteiger partial charge in [0.15, 0.2) is 5.78 Å². The summed E-state index contributed by atoms with van der Waals surface area (Å²) < 4.78 is 5.78. The quantitative estimate of drug-likeness (QED) is 0.823. The first-order valence-electron chi connectivity index (χ1n) is 10.2. The monoisotopic (exact) mass is 404 g/mol. The Labute approximate surface area is 175 Å².